The quantitative estimate of drug-likeness (QED) is 0.339. The van der Waals surface area contributed by atoms with E-state index >= 15 is 0 Å². The summed E-state index contributed by atoms with van der Waals surface area (Å²) in [6.07, 6.45) is 0. The number of aryl methyl sites for hydroxylation is 1. The van der Waals surface area contributed by atoms with E-state index in [1.165, 1.54) is 0 Å². The van der Waals surface area contributed by atoms with Crippen molar-refractivity contribution in [3.8, 4) is 0 Å². The molecule has 0 N–H and O–H groups in total. The molecular formula is C25H22N2O3. The second-order valence-electron chi connectivity index (χ2n) is 7.00. The summed E-state index contributed by atoms with van der Waals surface area (Å²) in [5.74, 6) is 0.269. The van der Waals surface area contributed by atoms with Gasteiger partial charge in [0.15, 0.2) is 5.78 Å². The maximum atomic E-state index is 13.6. The van der Waals surface area contributed by atoms with Gasteiger partial charge in [-0.1, -0.05) is 60.7 Å². The highest BCUT2D eigenvalue weighted by atomic mass is 16.5. The van der Waals surface area contributed by atoms with Crippen molar-refractivity contribution in [2.45, 2.75) is 19.9 Å². The van der Waals surface area contributed by atoms with Gasteiger partial charge in [-0.05, 0) is 37.6 Å². The van der Waals surface area contributed by atoms with Gasteiger partial charge >= 0.3 is 5.97 Å². The number of hydrogen-bond donors (Lipinski definition) is 0. The zero-order chi connectivity index (χ0) is 21.1. The predicted molar refractivity (Wildman–Crippen MR) is 116 cm³/mol. The standard InChI is InChI=1S/C25H22N2O3/c1-3-30-25(29)20-14-15-21-22(16-20)27(17(2)26-21)23(18-10-6-4-7-11-18)24(28)19-12-8-5-9-13-19/h4-16,23H,3H2,1-2H3. The van der Waals surface area contributed by atoms with Gasteiger partial charge in [0, 0.05) is 5.56 Å². The Kier molecular flexibility index (Phi) is 5.44. The molecule has 0 saturated heterocycles. The molecule has 0 saturated carbocycles. The number of Topliss-reactive ketones (excluding diaryl/α,β-unsaturated/α-hetero) is 1. The maximum Gasteiger partial charge on any atom is 0.338 e. The molecule has 0 bridgehead atoms. The van der Waals surface area contributed by atoms with Crippen molar-refractivity contribution in [1.29, 1.82) is 0 Å². The smallest absolute Gasteiger partial charge is 0.338 e. The van der Waals surface area contributed by atoms with Crippen LogP contribution in [0.3, 0.4) is 0 Å². The van der Waals surface area contributed by atoms with Crippen LogP contribution in [0, 0.1) is 6.92 Å². The molecule has 1 atom stereocenters. The van der Waals surface area contributed by atoms with E-state index in [9.17, 15) is 9.59 Å². The lowest BCUT2D eigenvalue weighted by molar-refractivity contribution is 0.0526. The summed E-state index contributed by atoms with van der Waals surface area (Å²) in [6, 6.07) is 23.5. The van der Waals surface area contributed by atoms with E-state index in [2.05, 4.69) is 4.98 Å². The monoisotopic (exact) mass is 398 g/mol. The van der Waals surface area contributed by atoms with Gasteiger partial charge in [0.2, 0.25) is 0 Å². The van der Waals surface area contributed by atoms with Gasteiger partial charge in [-0.25, -0.2) is 9.78 Å². The molecule has 0 aliphatic carbocycles. The predicted octanol–water partition coefficient (Wildman–Crippen LogP) is 4.99. The molecule has 0 aliphatic rings. The van der Waals surface area contributed by atoms with Crippen LogP contribution < -0.4 is 0 Å². The molecule has 4 aromatic rings. The molecule has 5 heteroatoms. The fourth-order valence-corrected chi connectivity index (χ4v) is 3.69. The van der Waals surface area contributed by atoms with Crippen LogP contribution in [0.2, 0.25) is 0 Å². The van der Waals surface area contributed by atoms with Crippen molar-refractivity contribution in [3.63, 3.8) is 0 Å². The first kappa shape index (κ1) is 19.6. The Balaban J connectivity index is 1.92. The molecule has 0 aliphatic heterocycles. The number of carbonyl (C=O) groups is 2. The molecule has 1 aromatic heterocycles. The van der Waals surface area contributed by atoms with Crippen LogP contribution in [0.1, 0.15) is 45.1 Å². The fourth-order valence-electron chi connectivity index (χ4n) is 3.69. The average Bonchev–Trinajstić information content (AvgIpc) is 3.10. The van der Waals surface area contributed by atoms with E-state index in [0.717, 1.165) is 16.6 Å². The molecule has 5 nitrogen and oxygen atoms in total. The second kappa shape index (κ2) is 8.33. The van der Waals surface area contributed by atoms with Crippen molar-refractivity contribution < 1.29 is 14.3 Å². The Morgan fingerprint density at radius 2 is 1.60 bits per heavy atom. The van der Waals surface area contributed by atoms with Crippen molar-refractivity contribution in [3.05, 3.63) is 101 Å². The van der Waals surface area contributed by atoms with E-state index in [1.54, 1.807) is 25.1 Å². The molecule has 0 spiro atoms. The van der Waals surface area contributed by atoms with Gasteiger partial charge < -0.3 is 9.30 Å². The SMILES string of the molecule is CCOC(=O)c1ccc2nc(C)n(C(C(=O)c3ccccc3)c3ccccc3)c2c1. The summed E-state index contributed by atoms with van der Waals surface area (Å²) in [5, 5.41) is 0. The van der Waals surface area contributed by atoms with Gasteiger partial charge in [-0.15, -0.1) is 0 Å². The molecule has 0 radical (unpaired) electrons. The Hall–Kier alpha value is -3.73. The van der Waals surface area contributed by atoms with E-state index in [-0.39, 0.29) is 5.78 Å². The molecular weight excluding hydrogens is 376 g/mol. The van der Waals surface area contributed by atoms with Crippen LogP contribution >= 0.6 is 0 Å². The summed E-state index contributed by atoms with van der Waals surface area (Å²) in [4.78, 5) is 30.5. The van der Waals surface area contributed by atoms with Crippen LogP contribution in [-0.4, -0.2) is 27.9 Å². The van der Waals surface area contributed by atoms with E-state index in [0.29, 0.717) is 23.6 Å². The fraction of sp³-hybridized carbons (Fsp3) is 0.160. The number of fused-ring (bicyclic) bond motifs is 1. The molecule has 1 unspecified atom stereocenters. The first-order valence-corrected chi connectivity index (χ1v) is 9.90. The third-order valence-corrected chi connectivity index (χ3v) is 5.06. The highest BCUT2D eigenvalue weighted by molar-refractivity contribution is 6.02. The number of aromatic nitrogens is 2. The summed E-state index contributed by atoms with van der Waals surface area (Å²) < 4.78 is 7.06. The largest absolute Gasteiger partial charge is 0.462 e. The number of nitrogens with zero attached hydrogens (tertiary/aromatic N) is 2. The van der Waals surface area contributed by atoms with E-state index in [4.69, 9.17) is 4.74 Å². The minimum atomic E-state index is -0.601. The summed E-state index contributed by atoms with van der Waals surface area (Å²) in [5.41, 5.74) is 3.35. The molecule has 1 heterocycles. The normalized spacial score (nSPS) is 11.9. The Morgan fingerprint density at radius 1 is 0.933 bits per heavy atom. The van der Waals surface area contributed by atoms with Gasteiger partial charge in [0.05, 0.1) is 23.2 Å². The molecule has 0 fully saturated rings. The molecule has 4 rings (SSSR count). The first-order chi connectivity index (χ1) is 14.6. The van der Waals surface area contributed by atoms with Crippen LogP contribution in [-0.2, 0) is 4.74 Å². The number of rotatable bonds is 6. The number of carbonyl (C=O) groups excluding carboxylic acids is 2. The third-order valence-electron chi connectivity index (χ3n) is 5.06. The number of esters is 1. The number of imidazole rings is 1. The summed E-state index contributed by atoms with van der Waals surface area (Å²) in [7, 11) is 0. The minimum absolute atomic E-state index is 0.0364. The molecule has 150 valence electrons. The lowest BCUT2D eigenvalue weighted by Crippen LogP contribution is -2.22. The first-order valence-electron chi connectivity index (χ1n) is 9.90. The summed E-state index contributed by atoms with van der Waals surface area (Å²) in [6.45, 7) is 3.95. The molecule has 3 aromatic carbocycles. The van der Waals surface area contributed by atoms with Crippen LogP contribution in [0.4, 0.5) is 0 Å². The number of ether oxygens (including phenoxy) is 1. The van der Waals surface area contributed by atoms with Crippen LogP contribution in [0.5, 0.6) is 0 Å². The average molecular weight is 398 g/mol. The molecule has 0 amide bonds. The highest BCUT2D eigenvalue weighted by Crippen LogP contribution is 2.30. The van der Waals surface area contributed by atoms with E-state index < -0.39 is 12.0 Å². The van der Waals surface area contributed by atoms with Crippen molar-refractivity contribution in [2.24, 2.45) is 0 Å². The Labute approximate surface area is 174 Å². The maximum absolute atomic E-state index is 13.6. The zero-order valence-corrected chi connectivity index (χ0v) is 16.9. The van der Waals surface area contributed by atoms with Crippen LogP contribution in [0.25, 0.3) is 11.0 Å². The van der Waals surface area contributed by atoms with Gasteiger partial charge in [0.1, 0.15) is 11.9 Å². The Morgan fingerprint density at radius 3 is 2.27 bits per heavy atom. The minimum Gasteiger partial charge on any atom is -0.462 e. The van der Waals surface area contributed by atoms with Gasteiger partial charge in [-0.3, -0.25) is 4.79 Å². The van der Waals surface area contributed by atoms with Gasteiger partial charge in [0.25, 0.3) is 0 Å². The Bertz CT molecular complexity index is 1200. The lowest BCUT2D eigenvalue weighted by atomic mass is 9.96. The van der Waals surface area contributed by atoms with Gasteiger partial charge in [-0.2, -0.15) is 0 Å². The highest BCUT2D eigenvalue weighted by Gasteiger charge is 2.27. The number of hydrogen-bond acceptors (Lipinski definition) is 4. The zero-order valence-electron chi connectivity index (χ0n) is 16.9. The molecule has 30 heavy (non-hydrogen) atoms. The number of benzene rings is 3. The van der Waals surface area contributed by atoms with Crippen molar-refractivity contribution in [2.75, 3.05) is 6.61 Å². The van der Waals surface area contributed by atoms with E-state index in [1.807, 2.05) is 72.2 Å². The topological polar surface area (TPSA) is 61.2 Å². The second-order valence-corrected chi connectivity index (χ2v) is 7.00. The third kappa shape index (κ3) is 3.62. The number of ketones is 1. The van der Waals surface area contributed by atoms with Crippen LogP contribution in [0.15, 0.2) is 78.9 Å². The van der Waals surface area contributed by atoms with Crippen molar-refractivity contribution >= 4 is 22.8 Å². The summed E-state index contributed by atoms with van der Waals surface area (Å²) >= 11 is 0. The van der Waals surface area contributed by atoms with Crippen molar-refractivity contribution in [1.82, 2.24) is 9.55 Å². The lowest BCUT2D eigenvalue weighted by Gasteiger charge is -2.21.